The highest BCUT2D eigenvalue weighted by Crippen LogP contribution is 2.21. The lowest BCUT2D eigenvalue weighted by Crippen LogP contribution is -2.23. The Labute approximate surface area is 146 Å². The topological polar surface area (TPSA) is 108 Å². The lowest BCUT2D eigenvalue weighted by atomic mass is 10.1. The zero-order valence-corrected chi connectivity index (χ0v) is 13.3. The molecule has 2 aromatic carbocycles. The maximum absolute atomic E-state index is 13.7. The number of hydrogen-bond acceptors (Lipinski definition) is 4. The van der Waals surface area contributed by atoms with Crippen molar-refractivity contribution in [2.75, 3.05) is 17.2 Å². The van der Waals surface area contributed by atoms with Gasteiger partial charge < -0.3 is 16.4 Å². The van der Waals surface area contributed by atoms with Crippen molar-refractivity contribution >= 4 is 34.8 Å². The Bertz CT molecular complexity index is 896. The Morgan fingerprint density at radius 3 is 2.52 bits per heavy atom. The summed E-state index contributed by atoms with van der Waals surface area (Å²) in [7, 11) is 0. The molecule has 0 aromatic heterocycles. The van der Waals surface area contributed by atoms with Crippen LogP contribution >= 0.6 is 11.6 Å². The van der Waals surface area contributed by atoms with Gasteiger partial charge in [0.2, 0.25) is 5.91 Å². The van der Waals surface area contributed by atoms with E-state index in [4.69, 9.17) is 22.6 Å². The van der Waals surface area contributed by atoms with Gasteiger partial charge in [0, 0.05) is 11.1 Å². The molecule has 0 saturated heterocycles. The summed E-state index contributed by atoms with van der Waals surface area (Å²) in [6, 6.07) is 7.58. The fourth-order valence-electron chi connectivity index (χ4n) is 1.96. The predicted octanol–water partition coefficient (Wildman–Crippen LogP) is 2.64. The second-order valence-corrected chi connectivity index (χ2v) is 5.32. The maximum Gasteiger partial charge on any atom is 0.251 e. The molecule has 0 unspecified atom stereocenters. The summed E-state index contributed by atoms with van der Waals surface area (Å²) in [4.78, 5) is 23.0. The monoisotopic (exact) mass is 364 g/mol. The van der Waals surface area contributed by atoms with Gasteiger partial charge in [-0.25, -0.2) is 8.78 Å². The van der Waals surface area contributed by atoms with Gasteiger partial charge in [-0.1, -0.05) is 11.6 Å². The highest BCUT2D eigenvalue weighted by molar-refractivity contribution is 6.31. The first-order valence-corrected chi connectivity index (χ1v) is 7.22. The van der Waals surface area contributed by atoms with Crippen LogP contribution in [0.5, 0.6) is 0 Å². The molecule has 0 heterocycles. The second kappa shape index (κ2) is 7.59. The number of amides is 2. The molecule has 0 aliphatic rings. The van der Waals surface area contributed by atoms with Gasteiger partial charge in [0.15, 0.2) is 0 Å². The van der Waals surface area contributed by atoms with Crippen molar-refractivity contribution in [1.29, 1.82) is 5.26 Å². The average molecular weight is 365 g/mol. The Morgan fingerprint density at radius 2 is 1.88 bits per heavy atom. The lowest BCUT2D eigenvalue weighted by Gasteiger charge is -2.11. The van der Waals surface area contributed by atoms with Gasteiger partial charge in [-0.05, 0) is 24.3 Å². The molecule has 2 amide bonds. The van der Waals surface area contributed by atoms with Crippen LogP contribution in [0, 0.1) is 23.0 Å². The van der Waals surface area contributed by atoms with Gasteiger partial charge >= 0.3 is 0 Å². The van der Waals surface area contributed by atoms with Crippen LogP contribution in [0.4, 0.5) is 20.2 Å². The Morgan fingerprint density at radius 1 is 1.16 bits per heavy atom. The first-order valence-electron chi connectivity index (χ1n) is 6.84. The zero-order chi connectivity index (χ0) is 18.6. The van der Waals surface area contributed by atoms with E-state index in [2.05, 4.69) is 10.6 Å². The van der Waals surface area contributed by atoms with Crippen LogP contribution in [0.25, 0.3) is 0 Å². The number of carbonyl (C=O) groups excluding carboxylic acids is 2. The number of hydrogen-bond donors (Lipinski definition) is 3. The van der Waals surface area contributed by atoms with Crippen LogP contribution in [0.15, 0.2) is 30.3 Å². The number of carbonyl (C=O) groups is 2. The molecule has 0 saturated carbocycles. The number of nitrogens with zero attached hydrogens (tertiary/aromatic N) is 1. The average Bonchev–Trinajstić information content (AvgIpc) is 2.54. The largest absolute Gasteiger partial charge is 0.374 e. The minimum absolute atomic E-state index is 0.194. The molecular weight excluding hydrogens is 354 g/mol. The van der Waals surface area contributed by atoms with Crippen molar-refractivity contribution in [2.45, 2.75) is 0 Å². The molecular formula is C16H11ClF2N4O2. The highest BCUT2D eigenvalue weighted by atomic mass is 35.5. The van der Waals surface area contributed by atoms with E-state index in [1.54, 1.807) is 0 Å². The van der Waals surface area contributed by atoms with E-state index in [1.807, 2.05) is 6.07 Å². The number of nitrogens with one attached hydrogen (secondary N) is 2. The molecule has 0 aliphatic heterocycles. The van der Waals surface area contributed by atoms with E-state index in [-0.39, 0.29) is 16.9 Å². The summed E-state index contributed by atoms with van der Waals surface area (Å²) in [5.41, 5.74) is 4.60. The summed E-state index contributed by atoms with van der Waals surface area (Å²) in [5, 5.41) is 14.2. The predicted molar refractivity (Wildman–Crippen MR) is 88.2 cm³/mol. The van der Waals surface area contributed by atoms with Gasteiger partial charge in [0.05, 0.1) is 29.0 Å². The Kier molecular flexibility index (Phi) is 5.52. The molecule has 0 atom stereocenters. The van der Waals surface area contributed by atoms with Crippen LogP contribution < -0.4 is 16.4 Å². The number of nitriles is 1. The van der Waals surface area contributed by atoms with Crippen LogP contribution in [-0.2, 0) is 4.79 Å². The summed E-state index contributed by atoms with van der Waals surface area (Å²) >= 11 is 5.81. The number of rotatable bonds is 5. The standard InChI is InChI=1S/C16H11ClF2N4O2/c17-9-2-1-8(6-20)13(3-9)23-15(24)7-22-14-4-10(16(21)25)11(18)5-12(14)19/h1-5,22H,7H2,(H2,21,25)(H,23,24). The molecule has 4 N–H and O–H groups in total. The summed E-state index contributed by atoms with van der Waals surface area (Å²) in [6.45, 7) is -0.405. The number of primary amides is 1. The minimum Gasteiger partial charge on any atom is -0.374 e. The van der Waals surface area contributed by atoms with Gasteiger partial charge in [0.25, 0.3) is 5.91 Å². The molecule has 0 fully saturated rings. The van der Waals surface area contributed by atoms with Crippen molar-refractivity contribution < 1.29 is 18.4 Å². The van der Waals surface area contributed by atoms with E-state index in [9.17, 15) is 18.4 Å². The SMILES string of the molecule is N#Cc1ccc(Cl)cc1NC(=O)CNc1cc(C(N)=O)c(F)cc1F. The molecule has 0 radical (unpaired) electrons. The van der Waals surface area contributed by atoms with Crippen LogP contribution in [0.3, 0.4) is 0 Å². The van der Waals surface area contributed by atoms with Crippen molar-refractivity contribution in [1.82, 2.24) is 0 Å². The van der Waals surface area contributed by atoms with Gasteiger partial charge in [-0.2, -0.15) is 5.26 Å². The Balaban J connectivity index is 2.11. The van der Waals surface area contributed by atoms with Crippen molar-refractivity contribution in [3.8, 4) is 6.07 Å². The molecule has 0 spiro atoms. The fraction of sp³-hybridized carbons (Fsp3) is 0.0625. The minimum atomic E-state index is -1.10. The molecule has 128 valence electrons. The summed E-state index contributed by atoms with van der Waals surface area (Å²) in [5.74, 6) is -3.76. The quantitative estimate of drug-likeness (QED) is 0.757. The Hall–Kier alpha value is -3.18. The molecule has 0 aliphatic carbocycles. The van der Waals surface area contributed by atoms with Crippen molar-refractivity contribution in [3.63, 3.8) is 0 Å². The smallest absolute Gasteiger partial charge is 0.251 e. The normalized spacial score (nSPS) is 10.0. The van der Waals surface area contributed by atoms with E-state index >= 15 is 0 Å². The van der Waals surface area contributed by atoms with Crippen molar-refractivity contribution in [3.05, 3.63) is 58.1 Å². The first-order chi connectivity index (χ1) is 11.8. The third-order valence-corrected chi connectivity index (χ3v) is 3.37. The van der Waals surface area contributed by atoms with Crippen LogP contribution in [-0.4, -0.2) is 18.4 Å². The molecule has 2 rings (SSSR count). The fourth-order valence-corrected chi connectivity index (χ4v) is 2.13. The van der Waals surface area contributed by atoms with Gasteiger partial charge in [0.1, 0.15) is 17.7 Å². The van der Waals surface area contributed by atoms with E-state index < -0.39 is 35.6 Å². The second-order valence-electron chi connectivity index (χ2n) is 4.88. The van der Waals surface area contributed by atoms with Crippen LogP contribution in [0.2, 0.25) is 5.02 Å². The molecule has 0 bridgehead atoms. The number of benzene rings is 2. The van der Waals surface area contributed by atoms with Gasteiger partial charge in [-0.15, -0.1) is 0 Å². The van der Waals surface area contributed by atoms with E-state index in [0.717, 1.165) is 6.07 Å². The number of nitrogens with two attached hydrogens (primary N) is 1. The molecule has 6 nitrogen and oxygen atoms in total. The third kappa shape index (κ3) is 4.43. The van der Waals surface area contributed by atoms with Crippen LogP contribution in [0.1, 0.15) is 15.9 Å². The zero-order valence-electron chi connectivity index (χ0n) is 12.6. The molecule has 25 heavy (non-hydrogen) atoms. The maximum atomic E-state index is 13.7. The van der Waals surface area contributed by atoms with E-state index in [1.165, 1.54) is 18.2 Å². The lowest BCUT2D eigenvalue weighted by molar-refractivity contribution is -0.114. The highest BCUT2D eigenvalue weighted by Gasteiger charge is 2.15. The summed E-state index contributed by atoms with van der Waals surface area (Å²) < 4.78 is 27.1. The molecule has 9 heteroatoms. The molecule has 2 aromatic rings. The first kappa shape index (κ1) is 18.2. The number of anilines is 2. The third-order valence-electron chi connectivity index (χ3n) is 3.14. The van der Waals surface area contributed by atoms with Crippen molar-refractivity contribution in [2.24, 2.45) is 5.73 Å². The van der Waals surface area contributed by atoms with Gasteiger partial charge in [-0.3, -0.25) is 9.59 Å². The van der Waals surface area contributed by atoms with E-state index in [0.29, 0.717) is 11.1 Å². The number of halogens is 3. The summed E-state index contributed by atoms with van der Waals surface area (Å²) in [6.07, 6.45) is 0.